The van der Waals surface area contributed by atoms with Crippen molar-refractivity contribution in [2.45, 2.75) is 6.42 Å². The maximum Gasteiger partial charge on any atom is 0.274 e. The Labute approximate surface area is 155 Å². The summed E-state index contributed by atoms with van der Waals surface area (Å²) in [6.07, 6.45) is 0.298. The first kappa shape index (κ1) is 18.1. The van der Waals surface area contributed by atoms with Crippen LogP contribution in [0.3, 0.4) is 0 Å². The minimum Gasteiger partial charge on any atom is -0.379 e. The monoisotopic (exact) mass is 383 g/mol. The van der Waals surface area contributed by atoms with E-state index in [4.69, 9.17) is 27.9 Å². The van der Waals surface area contributed by atoms with Crippen LogP contribution in [0.1, 0.15) is 11.3 Å². The molecule has 1 aromatic carbocycles. The third-order valence-corrected chi connectivity index (χ3v) is 4.55. The minimum absolute atomic E-state index is 0.283. The molecule has 0 aliphatic carbocycles. The molecule has 2 N–H and O–H groups in total. The van der Waals surface area contributed by atoms with E-state index < -0.39 is 0 Å². The lowest BCUT2D eigenvalue weighted by Crippen LogP contribution is -2.39. The van der Waals surface area contributed by atoms with E-state index in [1.165, 1.54) is 0 Å². The number of anilines is 1. The van der Waals surface area contributed by atoms with E-state index in [-0.39, 0.29) is 5.56 Å². The first-order valence-corrected chi connectivity index (χ1v) is 8.81. The van der Waals surface area contributed by atoms with E-state index in [2.05, 4.69) is 25.4 Å². The molecule has 1 saturated heterocycles. The Bertz CT molecular complexity index is 777. The summed E-state index contributed by atoms with van der Waals surface area (Å²) in [5, 5.41) is 12.2. The van der Waals surface area contributed by atoms with Gasteiger partial charge < -0.3 is 10.1 Å². The largest absolute Gasteiger partial charge is 0.379 e. The summed E-state index contributed by atoms with van der Waals surface area (Å²) in [6, 6.07) is 5.15. The fourth-order valence-electron chi connectivity index (χ4n) is 2.56. The number of nitrogens with one attached hydrogen (secondary N) is 2. The lowest BCUT2D eigenvalue weighted by molar-refractivity contribution is 0.0398. The fourth-order valence-corrected chi connectivity index (χ4v) is 3.03. The average Bonchev–Trinajstić information content (AvgIpc) is 2.60. The second-order valence-electron chi connectivity index (χ2n) is 5.74. The van der Waals surface area contributed by atoms with Crippen LogP contribution in [0.4, 0.5) is 5.95 Å². The normalized spacial score (nSPS) is 15.3. The van der Waals surface area contributed by atoms with Crippen LogP contribution in [0.5, 0.6) is 0 Å². The molecule has 0 spiro atoms. The maximum atomic E-state index is 12.2. The van der Waals surface area contributed by atoms with Gasteiger partial charge in [-0.2, -0.15) is 0 Å². The average molecular weight is 384 g/mol. The standard InChI is InChI=1S/C16H19Cl2N5O2/c17-12-2-1-11(13(18)10-12)9-14-15(24)20-16(22-21-14)19-3-4-23-5-7-25-8-6-23/h1-2,10H,3-9H2,(H2,19,20,22,24). The molecular formula is C16H19Cl2N5O2. The van der Waals surface area contributed by atoms with E-state index >= 15 is 0 Å². The van der Waals surface area contributed by atoms with Crippen LogP contribution in [0.15, 0.2) is 23.0 Å². The van der Waals surface area contributed by atoms with Gasteiger partial charge in [-0.15, -0.1) is 10.2 Å². The number of aromatic amines is 1. The van der Waals surface area contributed by atoms with Crippen molar-refractivity contribution >= 4 is 29.2 Å². The Morgan fingerprint density at radius 2 is 2.04 bits per heavy atom. The summed E-state index contributed by atoms with van der Waals surface area (Å²) in [4.78, 5) is 17.2. The van der Waals surface area contributed by atoms with E-state index in [0.29, 0.717) is 34.7 Å². The van der Waals surface area contributed by atoms with Crippen molar-refractivity contribution in [3.05, 3.63) is 49.9 Å². The van der Waals surface area contributed by atoms with Crippen molar-refractivity contribution in [3.63, 3.8) is 0 Å². The molecule has 3 rings (SSSR count). The van der Waals surface area contributed by atoms with E-state index in [1.54, 1.807) is 18.2 Å². The van der Waals surface area contributed by atoms with Crippen molar-refractivity contribution in [2.75, 3.05) is 44.7 Å². The molecule has 0 amide bonds. The van der Waals surface area contributed by atoms with E-state index in [9.17, 15) is 4.79 Å². The van der Waals surface area contributed by atoms with Crippen LogP contribution in [-0.4, -0.2) is 59.5 Å². The number of rotatable bonds is 6. The molecule has 1 aliphatic heterocycles. The molecule has 1 aliphatic rings. The second-order valence-corrected chi connectivity index (χ2v) is 6.59. The lowest BCUT2D eigenvalue weighted by atomic mass is 10.1. The van der Waals surface area contributed by atoms with Gasteiger partial charge in [0, 0.05) is 42.6 Å². The Balaban J connectivity index is 1.57. The van der Waals surface area contributed by atoms with Crippen LogP contribution >= 0.6 is 23.2 Å². The molecule has 7 nitrogen and oxygen atoms in total. The highest BCUT2D eigenvalue weighted by Crippen LogP contribution is 2.22. The third kappa shape index (κ3) is 5.15. The predicted molar refractivity (Wildman–Crippen MR) is 97.7 cm³/mol. The van der Waals surface area contributed by atoms with Gasteiger partial charge in [0.15, 0.2) is 0 Å². The highest BCUT2D eigenvalue weighted by molar-refractivity contribution is 6.35. The van der Waals surface area contributed by atoms with Gasteiger partial charge in [-0.3, -0.25) is 14.7 Å². The molecular weight excluding hydrogens is 365 g/mol. The van der Waals surface area contributed by atoms with E-state index in [0.717, 1.165) is 38.4 Å². The zero-order chi connectivity index (χ0) is 17.6. The Kier molecular flexibility index (Phi) is 6.25. The number of ether oxygens (including phenoxy) is 1. The lowest BCUT2D eigenvalue weighted by Gasteiger charge is -2.26. The maximum absolute atomic E-state index is 12.2. The summed E-state index contributed by atoms with van der Waals surface area (Å²) in [5.74, 6) is 0.365. The molecule has 9 heteroatoms. The number of halogens is 2. The van der Waals surface area contributed by atoms with E-state index in [1.807, 2.05) is 0 Å². The van der Waals surface area contributed by atoms with Gasteiger partial charge >= 0.3 is 0 Å². The fraction of sp³-hybridized carbons (Fsp3) is 0.438. The molecule has 25 heavy (non-hydrogen) atoms. The topological polar surface area (TPSA) is 83.1 Å². The number of H-pyrrole nitrogens is 1. The Hall–Kier alpha value is -1.67. The first-order valence-electron chi connectivity index (χ1n) is 8.05. The molecule has 134 valence electrons. The zero-order valence-electron chi connectivity index (χ0n) is 13.6. The van der Waals surface area contributed by atoms with Gasteiger partial charge in [-0.1, -0.05) is 29.3 Å². The second kappa shape index (κ2) is 8.62. The third-order valence-electron chi connectivity index (χ3n) is 3.96. The van der Waals surface area contributed by atoms with Crippen molar-refractivity contribution < 1.29 is 4.74 Å². The molecule has 0 atom stereocenters. The van der Waals surface area contributed by atoms with Crippen LogP contribution in [0.25, 0.3) is 0 Å². The van der Waals surface area contributed by atoms with Gasteiger partial charge in [-0.25, -0.2) is 0 Å². The summed E-state index contributed by atoms with van der Waals surface area (Å²) in [7, 11) is 0. The highest BCUT2D eigenvalue weighted by Gasteiger charge is 2.11. The number of benzene rings is 1. The van der Waals surface area contributed by atoms with Gasteiger partial charge in [0.2, 0.25) is 5.95 Å². The number of hydrogen-bond donors (Lipinski definition) is 2. The van der Waals surface area contributed by atoms with Crippen LogP contribution < -0.4 is 10.9 Å². The molecule has 0 radical (unpaired) electrons. The van der Waals surface area contributed by atoms with Crippen LogP contribution in [0, 0.1) is 0 Å². The molecule has 0 saturated carbocycles. The molecule has 0 bridgehead atoms. The summed E-state index contributed by atoms with van der Waals surface area (Å²) < 4.78 is 5.31. The quantitative estimate of drug-likeness (QED) is 0.791. The number of nitrogens with zero attached hydrogens (tertiary/aromatic N) is 3. The predicted octanol–water partition coefficient (Wildman–Crippen LogP) is 1.81. The molecule has 1 aromatic heterocycles. The van der Waals surface area contributed by atoms with Crippen LogP contribution in [-0.2, 0) is 11.2 Å². The Morgan fingerprint density at radius 1 is 1.24 bits per heavy atom. The number of hydrogen-bond acceptors (Lipinski definition) is 6. The Morgan fingerprint density at radius 3 is 2.76 bits per heavy atom. The first-order chi connectivity index (χ1) is 12.1. The van der Waals surface area contributed by atoms with Gasteiger partial charge in [0.1, 0.15) is 5.69 Å². The highest BCUT2D eigenvalue weighted by atomic mass is 35.5. The van der Waals surface area contributed by atoms with Crippen molar-refractivity contribution in [1.82, 2.24) is 20.1 Å². The SMILES string of the molecule is O=c1[nH]c(NCCN2CCOCC2)nnc1Cc1ccc(Cl)cc1Cl. The summed E-state index contributed by atoms with van der Waals surface area (Å²) in [6.45, 7) is 4.90. The number of aromatic nitrogens is 3. The smallest absolute Gasteiger partial charge is 0.274 e. The molecule has 0 unspecified atom stereocenters. The van der Waals surface area contributed by atoms with Crippen LogP contribution in [0.2, 0.25) is 10.0 Å². The summed E-state index contributed by atoms with van der Waals surface area (Å²) in [5.41, 5.74) is 0.803. The van der Waals surface area contributed by atoms with Gasteiger partial charge in [-0.05, 0) is 17.7 Å². The number of morpholine rings is 1. The van der Waals surface area contributed by atoms with Crippen molar-refractivity contribution in [2.24, 2.45) is 0 Å². The van der Waals surface area contributed by atoms with Crippen molar-refractivity contribution in [3.8, 4) is 0 Å². The van der Waals surface area contributed by atoms with Gasteiger partial charge in [0.05, 0.1) is 13.2 Å². The zero-order valence-corrected chi connectivity index (χ0v) is 15.1. The molecule has 2 heterocycles. The van der Waals surface area contributed by atoms with Crippen molar-refractivity contribution in [1.29, 1.82) is 0 Å². The molecule has 2 aromatic rings. The van der Waals surface area contributed by atoms with Gasteiger partial charge in [0.25, 0.3) is 5.56 Å². The summed E-state index contributed by atoms with van der Waals surface area (Å²) >= 11 is 12.0. The minimum atomic E-state index is -0.283. The molecule has 1 fully saturated rings.